The van der Waals surface area contributed by atoms with Crippen molar-refractivity contribution in [2.45, 2.75) is 63.4 Å². The number of hydrogen-bond donors (Lipinski definition) is 0. The van der Waals surface area contributed by atoms with Crippen LogP contribution in [0.25, 0.3) is 0 Å². The third-order valence-electron chi connectivity index (χ3n) is 3.45. The van der Waals surface area contributed by atoms with E-state index in [0.29, 0.717) is 5.60 Å². The molecule has 2 rings (SSSR count). The minimum Gasteiger partial charge on any atom is -0.375 e. The first kappa shape index (κ1) is 8.55. The first-order valence-electron chi connectivity index (χ1n) is 5.55. The second kappa shape index (κ2) is 3.78. The molecule has 0 radical (unpaired) electrons. The van der Waals surface area contributed by atoms with Crippen LogP contribution in [0.1, 0.15) is 57.8 Å². The molecule has 0 atom stereocenters. The van der Waals surface area contributed by atoms with Gasteiger partial charge in [-0.05, 0) is 25.7 Å². The zero-order valence-electron chi connectivity index (χ0n) is 7.98. The number of rotatable bonds is 0. The average Bonchev–Trinajstić information content (AvgIpc) is 2.47. The van der Waals surface area contributed by atoms with Crippen LogP contribution in [0.2, 0.25) is 0 Å². The first-order chi connectivity index (χ1) is 5.91. The molecule has 1 nitrogen and oxygen atoms in total. The lowest BCUT2D eigenvalue weighted by Gasteiger charge is -2.30. The van der Waals surface area contributed by atoms with Gasteiger partial charge in [0.05, 0.1) is 5.60 Å². The van der Waals surface area contributed by atoms with Gasteiger partial charge in [-0.25, -0.2) is 0 Å². The molecule has 0 aromatic rings. The first-order valence-corrected chi connectivity index (χ1v) is 5.55. The Labute approximate surface area is 75.5 Å². The van der Waals surface area contributed by atoms with Gasteiger partial charge < -0.3 is 4.74 Å². The van der Waals surface area contributed by atoms with Gasteiger partial charge >= 0.3 is 0 Å². The minimum absolute atomic E-state index is 0.348. The fourth-order valence-electron chi connectivity index (χ4n) is 2.70. The van der Waals surface area contributed by atoms with E-state index in [1.54, 1.807) is 0 Å². The van der Waals surface area contributed by atoms with Gasteiger partial charge in [0, 0.05) is 6.61 Å². The molecule has 1 spiro atoms. The molecule has 0 aromatic heterocycles. The lowest BCUT2D eigenvalue weighted by atomic mass is 9.85. The maximum Gasteiger partial charge on any atom is 0.0683 e. The summed E-state index contributed by atoms with van der Waals surface area (Å²) in [5.74, 6) is 0. The van der Waals surface area contributed by atoms with Crippen LogP contribution in [0, 0.1) is 0 Å². The van der Waals surface area contributed by atoms with Gasteiger partial charge in [0.2, 0.25) is 0 Å². The second-order valence-corrected chi connectivity index (χ2v) is 4.40. The summed E-state index contributed by atoms with van der Waals surface area (Å²) in [6.45, 7) is 1.03. The van der Waals surface area contributed by atoms with E-state index in [9.17, 15) is 0 Å². The fraction of sp³-hybridized carbons (Fsp3) is 1.00. The summed E-state index contributed by atoms with van der Waals surface area (Å²) in [6.07, 6.45) is 12.5. The Morgan fingerprint density at radius 3 is 1.83 bits per heavy atom. The fourth-order valence-corrected chi connectivity index (χ4v) is 2.70. The van der Waals surface area contributed by atoms with E-state index in [0.717, 1.165) is 6.61 Å². The van der Waals surface area contributed by atoms with Gasteiger partial charge in [-0.2, -0.15) is 0 Å². The highest BCUT2D eigenvalue weighted by Gasteiger charge is 2.34. The second-order valence-electron chi connectivity index (χ2n) is 4.40. The third kappa shape index (κ3) is 1.82. The summed E-state index contributed by atoms with van der Waals surface area (Å²) in [5.41, 5.74) is 0.348. The van der Waals surface area contributed by atoms with E-state index in [2.05, 4.69) is 0 Å². The lowest BCUT2D eigenvalue weighted by Crippen LogP contribution is -2.28. The molecule has 2 fully saturated rings. The van der Waals surface area contributed by atoms with Crippen LogP contribution in [-0.4, -0.2) is 12.2 Å². The highest BCUT2D eigenvalue weighted by Crippen LogP contribution is 2.37. The van der Waals surface area contributed by atoms with Crippen molar-refractivity contribution in [3.05, 3.63) is 0 Å². The molecule has 0 bridgehead atoms. The van der Waals surface area contributed by atoms with Crippen molar-refractivity contribution in [2.24, 2.45) is 0 Å². The molecule has 12 heavy (non-hydrogen) atoms. The van der Waals surface area contributed by atoms with E-state index in [-0.39, 0.29) is 0 Å². The summed E-state index contributed by atoms with van der Waals surface area (Å²) in [4.78, 5) is 0. The zero-order chi connectivity index (χ0) is 8.28. The van der Waals surface area contributed by atoms with Gasteiger partial charge in [0.1, 0.15) is 0 Å². The molecule has 1 saturated heterocycles. The quantitative estimate of drug-likeness (QED) is 0.539. The van der Waals surface area contributed by atoms with Crippen LogP contribution in [0.3, 0.4) is 0 Å². The van der Waals surface area contributed by atoms with E-state index in [1.807, 2.05) is 0 Å². The Morgan fingerprint density at radius 1 is 0.667 bits per heavy atom. The Balaban J connectivity index is 1.92. The maximum atomic E-state index is 5.92. The standard InChI is InChI=1S/C11H20O/c1-2-4-7-11(8-5-3-1)9-6-10-12-11/h1-10H2. The van der Waals surface area contributed by atoms with E-state index in [4.69, 9.17) is 4.74 Å². The molecule has 70 valence electrons. The van der Waals surface area contributed by atoms with Crippen LogP contribution in [0.5, 0.6) is 0 Å². The number of ether oxygens (including phenoxy) is 1. The molecular formula is C11H20O. The summed E-state index contributed by atoms with van der Waals surface area (Å²) in [6, 6.07) is 0. The van der Waals surface area contributed by atoms with Crippen molar-refractivity contribution in [1.29, 1.82) is 0 Å². The van der Waals surface area contributed by atoms with Crippen LogP contribution in [-0.2, 0) is 4.74 Å². The van der Waals surface area contributed by atoms with E-state index < -0.39 is 0 Å². The van der Waals surface area contributed by atoms with Crippen LogP contribution < -0.4 is 0 Å². The van der Waals surface area contributed by atoms with Crippen molar-refractivity contribution >= 4 is 0 Å². The van der Waals surface area contributed by atoms with E-state index >= 15 is 0 Å². The van der Waals surface area contributed by atoms with Crippen molar-refractivity contribution in [2.75, 3.05) is 6.61 Å². The Morgan fingerprint density at radius 2 is 1.25 bits per heavy atom. The summed E-state index contributed by atoms with van der Waals surface area (Å²) in [7, 11) is 0. The molecule has 0 N–H and O–H groups in total. The Hall–Kier alpha value is -0.0400. The van der Waals surface area contributed by atoms with Gasteiger partial charge in [-0.3, -0.25) is 0 Å². The number of hydrogen-bond acceptors (Lipinski definition) is 1. The molecule has 0 unspecified atom stereocenters. The predicted molar refractivity (Wildman–Crippen MR) is 50.2 cm³/mol. The van der Waals surface area contributed by atoms with Gasteiger partial charge in [0.15, 0.2) is 0 Å². The topological polar surface area (TPSA) is 9.23 Å². The van der Waals surface area contributed by atoms with Crippen molar-refractivity contribution < 1.29 is 4.74 Å². The Kier molecular flexibility index (Phi) is 2.69. The van der Waals surface area contributed by atoms with Crippen molar-refractivity contribution in [3.63, 3.8) is 0 Å². The maximum absolute atomic E-state index is 5.92. The molecule has 1 heteroatoms. The normalized spacial score (nSPS) is 30.0. The Bertz CT molecular complexity index is 126. The van der Waals surface area contributed by atoms with Gasteiger partial charge in [-0.15, -0.1) is 0 Å². The highest BCUT2D eigenvalue weighted by molar-refractivity contribution is 4.85. The summed E-state index contributed by atoms with van der Waals surface area (Å²) >= 11 is 0. The molecule has 1 heterocycles. The van der Waals surface area contributed by atoms with E-state index in [1.165, 1.54) is 57.8 Å². The molecule has 1 saturated carbocycles. The van der Waals surface area contributed by atoms with Crippen LogP contribution >= 0.6 is 0 Å². The molecule has 0 aromatic carbocycles. The predicted octanol–water partition coefficient (Wildman–Crippen LogP) is 3.28. The van der Waals surface area contributed by atoms with Crippen LogP contribution in [0.15, 0.2) is 0 Å². The van der Waals surface area contributed by atoms with Gasteiger partial charge in [0.25, 0.3) is 0 Å². The van der Waals surface area contributed by atoms with Crippen LogP contribution in [0.4, 0.5) is 0 Å². The molecule has 0 amide bonds. The minimum atomic E-state index is 0.348. The zero-order valence-corrected chi connectivity index (χ0v) is 7.98. The molecule has 1 aliphatic heterocycles. The van der Waals surface area contributed by atoms with Crippen molar-refractivity contribution in [1.82, 2.24) is 0 Å². The summed E-state index contributed by atoms with van der Waals surface area (Å²) in [5, 5.41) is 0. The van der Waals surface area contributed by atoms with Crippen molar-refractivity contribution in [3.8, 4) is 0 Å². The monoisotopic (exact) mass is 168 g/mol. The SMILES string of the molecule is C1CCCC2(CCC1)CCCO2. The smallest absolute Gasteiger partial charge is 0.0683 e. The molecule has 2 aliphatic rings. The summed E-state index contributed by atoms with van der Waals surface area (Å²) < 4.78 is 5.92. The molecular weight excluding hydrogens is 148 g/mol. The lowest BCUT2D eigenvalue weighted by molar-refractivity contribution is -0.0161. The largest absolute Gasteiger partial charge is 0.375 e. The average molecular weight is 168 g/mol. The highest BCUT2D eigenvalue weighted by atomic mass is 16.5. The third-order valence-corrected chi connectivity index (χ3v) is 3.45. The molecule has 1 aliphatic carbocycles. The van der Waals surface area contributed by atoms with Gasteiger partial charge in [-0.1, -0.05) is 32.1 Å².